The number of aromatic nitrogens is 2. The Balaban J connectivity index is 2.04. The van der Waals surface area contributed by atoms with Crippen LogP contribution in [0.4, 0.5) is 10.3 Å². The van der Waals surface area contributed by atoms with E-state index in [4.69, 9.17) is 0 Å². The van der Waals surface area contributed by atoms with Crippen molar-refractivity contribution in [1.29, 1.82) is 0 Å². The summed E-state index contributed by atoms with van der Waals surface area (Å²) in [5.41, 5.74) is 0.106. The molecule has 1 amide bonds. The average molecular weight is 375 g/mol. The maximum Gasteiger partial charge on any atom is 0.227 e. The second-order valence-corrected chi connectivity index (χ2v) is 9.02. The summed E-state index contributed by atoms with van der Waals surface area (Å²) in [6.45, 7) is 9.43. The van der Waals surface area contributed by atoms with Crippen LogP contribution in [-0.4, -0.2) is 20.6 Å². The van der Waals surface area contributed by atoms with Gasteiger partial charge in [-0.3, -0.25) is 10.1 Å². The first-order valence-electron chi connectivity index (χ1n) is 9.76. The number of benzene rings is 1. The van der Waals surface area contributed by atoms with E-state index in [2.05, 4.69) is 31.1 Å². The zero-order valence-corrected chi connectivity index (χ0v) is 16.9. The molecule has 0 bridgehead atoms. The van der Waals surface area contributed by atoms with Crippen molar-refractivity contribution < 1.29 is 14.3 Å². The van der Waals surface area contributed by atoms with Crippen LogP contribution in [0.2, 0.25) is 0 Å². The Morgan fingerprint density at radius 1 is 1.33 bits per heavy atom. The first kappa shape index (κ1) is 19.8. The minimum atomic E-state index is -1.15. The van der Waals surface area contributed by atoms with Crippen LogP contribution in [0.3, 0.4) is 0 Å². The van der Waals surface area contributed by atoms with Crippen LogP contribution < -0.4 is 5.32 Å². The van der Waals surface area contributed by atoms with E-state index in [-0.39, 0.29) is 22.9 Å². The van der Waals surface area contributed by atoms with Crippen LogP contribution in [0.25, 0.3) is 11.0 Å². The third-order valence-corrected chi connectivity index (χ3v) is 5.74. The molecule has 0 unspecified atom stereocenters. The largest absolute Gasteiger partial charge is 0.386 e. The van der Waals surface area contributed by atoms with E-state index >= 15 is 0 Å². The SMILES string of the molecule is CCC(C)(C)CC(=O)Nc1nc2c(F)cc(C(C)(C)O)cc2n1C1CCC1. The van der Waals surface area contributed by atoms with Gasteiger partial charge < -0.3 is 9.67 Å². The molecular weight excluding hydrogens is 345 g/mol. The van der Waals surface area contributed by atoms with Crippen LogP contribution in [-0.2, 0) is 10.4 Å². The number of halogens is 1. The number of hydrogen-bond acceptors (Lipinski definition) is 3. The summed E-state index contributed by atoms with van der Waals surface area (Å²) < 4.78 is 16.7. The van der Waals surface area contributed by atoms with Gasteiger partial charge in [0.15, 0.2) is 5.82 Å². The predicted molar refractivity (Wildman–Crippen MR) is 105 cm³/mol. The third kappa shape index (κ3) is 4.00. The number of carbonyl (C=O) groups is 1. The Labute approximate surface area is 160 Å². The molecule has 3 rings (SSSR count). The number of imidazole rings is 1. The molecule has 1 aromatic heterocycles. The molecule has 6 heteroatoms. The van der Waals surface area contributed by atoms with Gasteiger partial charge in [-0.15, -0.1) is 0 Å². The molecule has 1 heterocycles. The number of hydrogen-bond donors (Lipinski definition) is 2. The molecule has 1 aliphatic carbocycles. The first-order valence-corrected chi connectivity index (χ1v) is 9.76. The van der Waals surface area contributed by atoms with Gasteiger partial charge >= 0.3 is 0 Å². The highest BCUT2D eigenvalue weighted by atomic mass is 19.1. The molecular formula is C21H30FN3O2. The lowest BCUT2D eigenvalue weighted by Gasteiger charge is -2.29. The molecule has 1 aromatic carbocycles. The van der Waals surface area contributed by atoms with E-state index < -0.39 is 11.4 Å². The van der Waals surface area contributed by atoms with Crippen LogP contribution in [0.1, 0.15) is 78.3 Å². The van der Waals surface area contributed by atoms with Gasteiger partial charge in [-0.25, -0.2) is 9.37 Å². The van der Waals surface area contributed by atoms with Gasteiger partial charge in [-0.05, 0) is 56.2 Å². The van der Waals surface area contributed by atoms with E-state index in [1.54, 1.807) is 19.9 Å². The summed E-state index contributed by atoms with van der Waals surface area (Å²) in [5, 5.41) is 13.2. The molecule has 27 heavy (non-hydrogen) atoms. The minimum absolute atomic E-state index is 0.100. The Bertz CT molecular complexity index is 860. The maximum atomic E-state index is 14.7. The lowest BCUT2D eigenvalue weighted by atomic mass is 9.86. The Morgan fingerprint density at radius 3 is 2.52 bits per heavy atom. The number of carbonyl (C=O) groups excluding carboxylic acids is 1. The highest BCUT2D eigenvalue weighted by Crippen LogP contribution is 2.39. The molecule has 0 atom stereocenters. The van der Waals surface area contributed by atoms with Crippen LogP contribution in [0.5, 0.6) is 0 Å². The number of rotatable bonds is 6. The molecule has 2 N–H and O–H groups in total. The van der Waals surface area contributed by atoms with Crippen molar-refractivity contribution in [3.63, 3.8) is 0 Å². The predicted octanol–water partition coefficient (Wildman–Crippen LogP) is 4.89. The maximum absolute atomic E-state index is 14.7. The van der Waals surface area contributed by atoms with Gasteiger partial charge in [0.2, 0.25) is 11.9 Å². The summed E-state index contributed by atoms with van der Waals surface area (Å²) in [4.78, 5) is 17.0. The molecule has 1 aliphatic rings. The van der Waals surface area contributed by atoms with E-state index in [9.17, 15) is 14.3 Å². The number of fused-ring (bicyclic) bond motifs is 1. The quantitative estimate of drug-likeness (QED) is 0.755. The van der Waals surface area contributed by atoms with Gasteiger partial charge in [0.25, 0.3) is 0 Å². The third-order valence-electron chi connectivity index (χ3n) is 5.74. The summed E-state index contributed by atoms with van der Waals surface area (Å²) in [6.07, 6.45) is 4.33. The van der Waals surface area contributed by atoms with Gasteiger partial charge in [-0.2, -0.15) is 0 Å². The Kier molecular flexibility index (Phi) is 5.06. The van der Waals surface area contributed by atoms with Crippen molar-refractivity contribution in [2.75, 3.05) is 5.32 Å². The molecule has 0 saturated heterocycles. The van der Waals surface area contributed by atoms with Crippen molar-refractivity contribution in [3.05, 3.63) is 23.5 Å². The zero-order chi connectivity index (χ0) is 20.0. The van der Waals surface area contributed by atoms with Crippen LogP contribution in [0, 0.1) is 11.2 Å². The van der Waals surface area contributed by atoms with Crippen molar-refractivity contribution in [2.24, 2.45) is 5.41 Å². The van der Waals surface area contributed by atoms with Gasteiger partial charge in [0, 0.05) is 12.5 Å². The highest BCUT2D eigenvalue weighted by Gasteiger charge is 2.29. The molecule has 5 nitrogen and oxygen atoms in total. The van der Waals surface area contributed by atoms with E-state index in [0.717, 1.165) is 25.7 Å². The molecule has 0 aliphatic heterocycles. The molecule has 1 fully saturated rings. The molecule has 1 saturated carbocycles. The van der Waals surface area contributed by atoms with Crippen molar-refractivity contribution >= 4 is 22.9 Å². The summed E-state index contributed by atoms with van der Waals surface area (Å²) in [5.74, 6) is -0.189. The second-order valence-electron chi connectivity index (χ2n) is 9.02. The monoisotopic (exact) mass is 375 g/mol. The minimum Gasteiger partial charge on any atom is -0.386 e. The summed E-state index contributed by atoms with van der Waals surface area (Å²) >= 11 is 0. The number of nitrogens with one attached hydrogen (secondary N) is 1. The number of nitrogens with zero attached hydrogens (tertiary/aromatic N) is 2. The van der Waals surface area contributed by atoms with Crippen molar-refractivity contribution in [2.45, 2.75) is 78.4 Å². The summed E-state index contributed by atoms with van der Waals surface area (Å²) in [7, 11) is 0. The summed E-state index contributed by atoms with van der Waals surface area (Å²) in [6, 6.07) is 3.31. The smallest absolute Gasteiger partial charge is 0.227 e. The van der Waals surface area contributed by atoms with E-state index in [1.807, 2.05) is 4.57 Å². The number of anilines is 1. The van der Waals surface area contributed by atoms with E-state index in [1.165, 1.54) is 6.07 Å². The average Bonchev–Trinajstić information content (AvgIpc) is 2.83. The lowest BCUT2D eigenvalue weighted by Crippen LogP contribution is -2.25. The fraction of sp³-hybridized carbons (Fsp3) is 0.619. The first-order chi connectivity index (χ1) is 12.5. The van der Waals surface area contributed by atoms with Crippen LogP contribution >= 0.6 is 0 Å². The molecule has 148 valence electrons. The fourth-order valence-electron chi connectivity index (χ4n) is 3.34. The molecule has 2 aromatic rings. The Hall–Kier alpha value is -1.95. The topological polar surface area (TPSA) is 67.2 Å². The second kappa shape index (κ2) is 6.89. The zero-order valence-electron chi connectivity index (χ0n) is 16.9. The molecule has 0 radical (unpaired) electrons. The number of aliphatic hydroxyl groups is 1. The lowest BCUT2D eigenvalue weighted by molar-refractivity contribution is -0.118. The van der Waals surface area contributed by atoms with Crippen molar-refractivity contribution in [1.82, 2.24) is 9.55 Å². The fourth-order valence-corrected chi connectivity index (χ4v) is 3.34. The standard InChI is InChI=1S/C21H30FN3O2/c1-6-20(2,3)12-17(26)23-19-24-18-15(22)10-13(21(4,5)27)11-16(18)25(19)14-8-7-9-14/h10-11,14,27H,6-9,12H2,1-5H3,(H,23,24,26). The number of amides is 1. The molecule has 0 spiro atoms. The van der Waals surface area contributed by atoms with Gasteiger partial charge in [-0.1, -0.05) is 27.2 Å². The van der Waals surface area contributed by atoms with Crippen molar-refractivity contribution in [3.8, 4) is 0 Å². The highest BCUT2D eigenvalue weighted by molar-refractivity contribution is 5.92. The Morgan fingerprint density at radius 2 is 2.00 bits per heavy atom. The normalized spacial score (nSPS) is 15.8. The van der Waals surface area contributed by atoms with Crippen LogP contribution in [0.15, 0.2) is 12.1 Å². The van der Waals surface area contributed by atoms with Gasteiger partial charge in [0.1, 0.15) is 5.52 Å². The van der Waals surface area contributed by atoms with E-state index in [0.29, 0.717) is 23.4 Å². The van der Waals surface area contributed by atoms with Gasteiger partial charge in [0.05, 0.1) is 11.1 Å².